The van der Waals surface area contributed by atoms with Crippen LogP contribution in [-0.2, 0) is 0 Å². The molecule has 0 saturated carbocycles. The smallest absolute Gasteiger partial charge is 0.136 e. The van der Waals surface area contributed by atoms with Gasteiger partial charge in [-0.05, 0) is 74.1 Å². The maximum absolute atomic E-state index is 9.09. The van der Waals surface area contributed by atoms with E-state index in [0.29, 0.717) is 39.0 Å². The third-order valence-electron chi connectivity index (χ3n) is 6.77. The molecule has 8 rings (SSSR count). The van der Waals surface area contributed by atoms with Gasteiger partial charge in [-0.15, -0.1) is 0 Å². The van der Waals surface area contributed by atoms with Crippen LogP contribution in [0.25, 0.3) is 76.7 Å². The van der Waals surface area contributed by atoms with Crippen molar-refractivity contribution in [3.05, 3.63) is 121 Å². The molecule has 2 nitrogen and oxygen atoms in total. The van der Waals surface area contributed by atoms with E-state index in [9.17, 15) is 0 Å². The van der Waals surface area contributed by atoms with Gasteiger partial charge in [0.05, 0.1) is 17.2 Å². The Morgan fingerprint density at radius 3 is 1.83 bits per heavy atom. The molecule has 2 heterocycles. The van der Waals surface area contributed by atoms with Crippen LogP contribution in [0.2, 0.25) is 0 Å². The number of rotatable bonds is 2. The van der Waals surface area contributed by atoms with Crippen LogP contribution in [0.1, 0.15) is 11.0 Å². The predicted molar refractivity (Wildman–Crippen MR) is 149 cm³/mol. The van der Waals surface area contributed by atoms with Gasteiger partial charge in [-0.1, -0.05) is 84.7 Å². The molecule has 0 aliphatic heterocycles. The van der Waals surface area contributed by atoms with Crippen LogP contribution in [0.4, 0.5) is 0 Å². The molecule has 8 aromatic rings. The lowest BCUT2D eigenvalue weighted by Gasteiger charge is -2.17. The van der Waals surface area contributed by atoms with Crippen LogP contribution in [-0.4, -0.2) is 0 Å². The van der Waals surface area contributed by atoms with Crippen molar-refractivity contribution in [2.75, 3.05) is 0 Å². The molecular weight excluding hydrogens is 440 g/mol. The van der Waals surface area contributed by atoms with Crippen molar-refractivity contribution >= 4 is 54.5 Å². The Bertz CT molecular complexity index is 2450. The Morgan fingerprint density at radius 2 is 1.14 bits per heavy atom. The minimum atomic E-state index is -0.432. The van der Waals surface area contributed by atoms with E-state index in [0.717, 1.165) is 16.2 Å². The number of fused-ring (bicyclic) bond motifs is 6. The highest BCUT2D eigenvalue weighted by atomic mass is 16.3. The second kappa shape index (κ2) is 7.34. The Hall–Kier alpha value is -4.82. The number of hydrogen-bond donors (Lipinski definition) is 0. The van der Waals surface area contributed by atoms with Gasteiger partial charge in [0.25, 0.3) is 0 Å². The lowest BCUT2D eigenvalue weighted by atomic mass is 9.86. The van der Waals surface area contributed by atoms with Gasteiger partial charge >= 0.3 is 0 Å². The fourth-order valence-electron chi connectivity index (χ4n) is 5.19. The molecule has 0 spiro atoms. The van der Waals surface area contributed by atoms with Gasteiger partial charge in [0.2, 0.25) is 0 Å². The van der Waals surface area contributed by atoms with Gasteiger partial charge < -0.3 is 8.83 Å². The second-order valence-corrected chi connectivity index (χ2v) is 8.74. The lowest BCUT2D eigenvalue weighted by molar-refractivity contribution is 0.616. The quantitative estimate of drug-likeness (QED) is 0.236. The first-order chi connectivity index (χ1) is 21.2. The van der Waals surface area contributed by atoms with E-state index in [1.54, 1.807) is 42.7 Å². The second-order valence-electron chi connectivity index (χ2n) is 8.74. The van der Waals surface area contributed by atoms with Crippen molar-refractivity contribution in [2.45, 2.75) is 0 Å². The Balaban J connectivity index is 1.64. The Morgan fingerprint density at radius 1 is 0.500 bits per heavy atom. The standard InChI is InChI=1S/C34H20O2/c1-2-8-21(9-3-1)33-24-10-4-6-12-26(24)34(27-13-7-5-11-25(27)33)23-14-15-30-28(18-23)29-20-31-22(16-17-35-31)19-32(29)36-30/h1-20H/i4D,5D,6D,7D,10D,11D,12D,13D. The minimum Gasteiger partial charge on any atom is -0.464 e. The van der Waals surface area contributed by atoms with E-state index in [2.05, 4.69) is 0 Å². The first-order valence-electron chi connectivity index (χ1n) is 15.5. The van der Waals surface area contributed by atoms with Crippen molar-refractivity contribution in [2.24, 2.45) is 0 Å². The zero-order valence-corrected chi connectivity index (χ0v) is 18.7. The molecule has 0 radical (unpaired) electrons. The fraction of sp³-hybridized carbons (Fsp3) is 0. The zero-order valence-electron chi connectivity index (χ0n) is 26.7. The summed E-state index contributed by atoms with van der Waals surface area (Å²) < 4.78 is 82.3. The molecule has 6 aromatic carbocycles. The summed E-state index contributed by atoms with van der Waals surface area (Å²) >= 11 is 0. The van der Waals surface area contributed by atoms with Gasteiger partial charge in [-0.2, -0.15) is 0 Å². The van der Waals surface area contributed by atoms with Crippen molar-refractivity contribution < 1.29 is 19.8 Å². The normalized spacial score (nSPS) is 15.0. The van der Waals surface area contributed by atoms with Gasteiger partial charge in [-0.3, -0.25) is 0 Å². The summed E-state index contributed by atoms with van der Waals surface area (Å²) in [4.78, 5) is 0. The summed E-state index contributed by atoms with van der Waals surface area (Å²) in [5, 5.41) is 3.11. The third kappa shape index (κ3) is 2.73. The molecule has 0 aliphatic carbocycles. The first-order valence-corrected chi connectivity index (χ1v) is 11.5. The highest BCUT2D eigenvalue weighted by molar-refractivity contribution is 6.22. The molecule has 0 fully saturated rings. The van der Waals surface area contributed by atoms with Gasteiger partial charge in [0, 0.05) is 16.2 Å². The van der Waals surface area contributed by atoms with Crippen molar-refractivity contribution in [1.82, 2.24) is 0 Å². The number of hydrogen-bond acceptors (Lipinski definition) is 2. The van der Waals surface area contributed by atoms with Crippen LogP contribution in [0, 0.1) is 0 Å². The summed E-state index contributed by atoms with van der Waals surface area (Å²) in [6.07, 6.45) is 1.60. The molecule has 0 atom stereocenters. The highest BCUT2D eigenvalue weighted by Crippen LogP contribution is 2.44. The van der Waals surface area contributed by atoms with E-state index in [4.69, 9.17) is 19.8 Å². The molecule has 2 heteroatoms. The van der Waals surface area contributed by atoms with E-state index in [1.165, 1.54) is 0 Å². The average Bonchev–Trinajstić information content (AvgIpc) is 3.65. The topological polar surface area (TPSA) is 26.3 Å². The van der Waals surface area contributed by atoms with Crippen molar-refractivity contribution in [3.63, 3.8) is 0 Å². The van der Waals surface area contributed by atoms with E-state index < -0.39 is 24.2 Å². The molecular formula is C34H20O2. The molecule has 2 aromatic heterocycles. The first kappa shape index (κ1) is 13.3. The van der Waals surface area contributed by atoms with E-state index >= 15 is 0 Å². The molecule has 0 saturated heterocycles. The maximum atomic E-state index is 9.09. The molecule has 0 N–H and O–H groups in total. The van der Waals surface area contributed by atoms with Gasteiger partial charge in [0.1, 0.15) is 16.7 Å². The van der Waals surface area contributed by atoms with Crippen LogP contribution >= 0.6 is 0 Å². The Labute approximate surface area is 218 Å². The van der Waals surface area contributed by atoms with E-state index in [1.807, 2.05) is 30.3 Å². The lowest BCUT2D eigenvalue weighted by Crippen LogP contribution is -1.90. The number of furan rings is 2. The Kier molecular flexibility index (Phi) is 2.71. The summed E-state index contributed by atoms with van der Waals surface area (Å²) in [6.45, 7) is 0. The fourth-order valence-corrected chi connectivity index (χ4v) is 5.19. The molecule has 0 bridgehead atoms. The maximum Gasteiger partial charge on any atom is 0.136 e. The zero-order chi connectivity index (χ0) is 30.6. The van der Waals surface area contributed by atoms with Gasteiger partial charge in [-0.25, -0.2) is 0 Å². The van der Waals surface area contributed by atoms with Crippen LogP contribution < -0.4 is 0 Å². The summed E-state index contributed by atoms with van der Waals surface area (Å²) in [7, 11) is 0. The largest absolute Gasteiger partial charge is 0.464 e. The molecule has 0 unspecified atom stereocenters. The van der Waals surface area contributed by atoms with Crippen LogP contribution in [0.5, 0.6) is 0 Å². The van der Waals surface area contributed by atoms with Crippen LogP contribution in [0.3, 0.4) is 0 Å². The summed E-state index contributed by atoms with van der Waals surface area (Å²) in [5.41, 5.74) is 3.63. The highest BCUT2D eigenvalue weighted by Gasteiger charge is 2.18. The minimum absolute atomic E-state index is 0.174. The van der Waals surface area contributed by atoms with E-state index in [-0.39, 0.29) is 45.7 Å². The molecule has 168 valence electrons. The summed E-state index contributed by atoms with van der Waals surface area (Å²) in [6, 6.07) is 17.0. The van der Waals surface area contributed by atoms with Crippen molar-refractivity contribution in [3.8, 4) is 22.3 Å². The van der Waals surface area contributed by atoms with Crippen LogP contribution in [0.15, 0.2) is 130 Å². The molecule has 0 amide bonds. The SMILES string of the molecule is [2H]c1c([2H])c([2H])c2c(-c3ccc4oc5cc6ccoc6cc5c4c3)c3c([2H])c([2H])c([2H])c([2H])c3c(-c3ccccc3)c2c1[2H]. The average molecular weight is 469 g/mol. The number of benzene rings is 6. The molecule has 0 aliphatic rings. The molecule has 36 heavy (non-hydrogen) atoms. The monoisotopic (exact) mass is 468 g/mol. The van der Waals surface area contributed by atoms with Crippen molar-refractivity contribution in [1.29, 1.82) is 0 Å². The third-order valence-corrected chi connectivity index (χ3v) is 6.77. The predicted octanol–water partition coefficient (Wildman–Crippen LogP) is 9.97. The summed E-state index contributed by atoms with van der Waals surface area (Å²) in [5.74, 6) is 0. The van der Waals surface area contributed by atoms with Gasteiger partial charge in [0.15, 0.2) is 0 Å².